The zero-order valence-corrected chi connectivity index (χ0v) is 26.7. The standard InChI is InChI=1S/C37H34N2O9/c1-39(2)30-26-17-21-16-24-20(8-5-18-6-11-22(47-3)12-7-18)15-25(19-9-13-23(48-4)14-10-19)31(40)28(24)32(41)27(21)34(43)37(26,46)35(44)29(33(30)42)36(38)45/h6-7,9-15,21,26,30,40,42-43,46H,16-17H2,1-4H3,(H2,38,45)/t21-,26-,30-,37-/m0/s1. The Morgan fingerprint density at radius 1 is 0.958 bits per heavy atom. The average Bonchev–Trinajstić information content (AvgIpc) is 3.06. The minimum absolute atomic E-state index is 0.0297. The Hall–Kier alpha value is -5.57. The highest BCUT2D eigenvalue weighted by Gasteiger charge is 2.63. The Balaban J connectivity index is 1.56. The van der Waals surface area contributed by atoms with Crippen LogP contribution in [0.2, 0.25) is 0 Å². The van der Waals surface area contributed by atoms with Crippen LogP contribution < -0.4 is 15.2 Å². The van der Waals surface area contributed by atoms with Crippen molar-refractivity contribution in [3.05, 3.63) is 99.5 Å². The number of methoxy groups -OCH3 is 2. The number of phenolic OH excluding ortho intramolecular Hbond substituents is 1. The number of aromatic hydroxyl groups is 1. The second-order valence-electron chi connectivity index (χ2n) is 12.3. The van der Waals surface area contributed by atoms with Crippen LogP contribution >= 0.6 is 0 Å². The van der Waals surface area contributed by atoms with Crippen LogP contribution in [0.5, 0.6) is 17.2 Å². The summed E-state index contributed by atoms with van der Waals surface area (Å²) in [6, 6.07) is 14.6. The van der Waals surface area contributed by atoms with Crippen LogP contribution in [0, 0.1) is 23.7 Å². The summed E-state index contributed by atoms with van der Waals surface area (Å²) < 4.78 is 10.5. The minimum atomic E-state index is -2.73. The number of nitrogens with two attached hydrogens (primary N) is 1. The van der Waals surface area contributed by atoms with Crippen LogP contribution in [0.3, 0.4) is 0 Å². The molecule has 11 nitrogen and oxygen atoms in total. The van der Waals surface area contributed by atoms with E-state index < -0.39 is 58.0 Å². The largest absolute Gasteiger partial charge is 0.510 e. The van der Waals surface area contributed by atoms with Gasteiger partial charge >= 0.3 is 0 Å². The Morgan fingerprint density at radius 2 is 1.56 bits per heavy atom. The van der Waals surface area contributed by atoms with Gasteiger partial charge in [0.1, 0.15) is 34.3 Å². The monoisotopic (exact) mass is 650 g/mol. The first kappa shape index (κ1) is 32.4. The van der Waals surface area contributed by atoms with Crippen LogP contribution in [-0.2, 0) is 16.0 Å². The topological polar surface area (TPSA) is 180 Å². The van der Waals surface area contributed by atoms with E-state index in [2.05, 4.69) is 11.8 Å². The Kier molecular flexibility index (Phi) is 8.03. The van der Waals surface area contributed by atoms with E-state index in [4.69, 9.17) is 15.2 Å². The average molecular weight is 651 g/mol. The van der Waals surface area contributed by atoms with Gasteiger partial charge in [-0.05, 0) is 86.4 Å². The first-order valence-corrected chi connectivity index (χ1v) is 15.2. The van der Waals surface area contributed by atoms with Gasteiger partial charge in [-0.1, -0.05) is 24.0 Å². The first-order chi connectivity index (χ1) is 22.8. The molecule has 0 aromatic heterocycles. The second-order valence-corrected chi connectivity index (χ2v) is 12.3. The molecule has 0 fully saturated rings. The molecule has 6 rings (SSSR count). The molecule has 1 amide bonds. The van der Waals surface area contributed by atoms with Gasteiger partial charge in [0, 0.05) is 28.2 Å². The van der Waals surface area contributed by atoms with Crippen LogP contribution in [0.25, 0.3) is 11.1 Å². The maximum atomic E-state index is 14.4. The lowest BCUT2D eigenvalue weighted by Gasteiger charge is -2.50. The highest BCUT2D eigenvalue weighted by atomic mass is 16.5. The number of aliphatic hydroxyl groups is 3. The number of nitrogens with zero attached hydrogens (tertiary/aromatic N) is 1. The van der Waals surface area contributed by atoms with E-state index in [-0.39, 0.29) is 29.7 Å². The highest BCUT2D eigenvalue weighted by Crippen LogP contribution is 2.53. The number of ether oxygens (including phenoxy) is 2. The van der Waals surface area contributed by atoms with E-state index >= 15 is 0 Å². The van der Waals surface area contributed by atoms with Crippen LogP contribution in [-0.4, -0.2) is 82.8 Å². The number of fused-ring (bicyclic) bond motifs is 3. The molecule has 3 aliphatic carbocycles. The fourth-order valence-electron chi connectivity index (χ4n) is 7.23. The summed E-state index contributed by atoms with van der Waals surface area (Å²) in [5, 5.41) is 46.3. The van der Waals surface area contributed by atoms with Gasteiger partial charge in [-0.25, -0.2) is 0 Å². The number of carbonyl (C=O) groups excluding carboxylic acids is 3. The molecule has 246 valence electrons. The third-order valence-corrected chi connectivity index (χ3v) is 9.56. The molecule has 3 aromatic carbocycles. The van der Waals surface area contributed by atoms with E-state index in [1.165, 1.54) is 12.0 Å². The number of rotatable bonds is 5. The predicted octanol–water partition coefficient (Wildman–Crippen LogP) is 3.20. The number of benzene rings is 3. The summed E-state index contributed by atoms with van der Waals surface area (Å²) >= 11 is 0. The minimum Gasteiger partial charge on any atom is -0.510 e. The number of aliphatic hydroxyl groups excluding tert-OH is 2. The molecule has 0 unspecified atom stereocenters. The Morgan fingerprint density at radius 3 is 2.12 bits per heavy atom. The van der Waals surface area contributed by atoms with Crippen LogP contribution in [0.15, 0.2) is 77.3 Å². The maximum Gasteiger partial charge on any atom is 0.255 e. The summed E-state index contributed by atoms with van der Waals surface area (Å²) in [6.45, 7) is 0. The third-order valence-electron chi connectivity index (χ3n) is 9.56. The number of likely N-dealkylation sites (N-methyl/N-ethyl adjacent to an activating group) is 1. The van der Waals surface area contributed by atoms with Gasteiger partial charge in [0.05, 0.1) is 25.8 Å². The van der Waals surface area contributed by atoms with E-state index in [9.17, 15) is 34.8 Å². The van der Waals surface area contributed by atoms with Gasteiger partial charge in [0.2, 0.25) is 5.78 Å². The zero-order valence-electron chi connectivity index (χ0n) is 26.7. The number of carbonyl (C=O) groups is 3. The molecule has 0 saturated heterocycles. The molecule has 11 heteroatoms. The van der Waals surface area contributed by atoms with Crippen LogP contribution in [0.1, 0.15) is 33.5 Å². The molecule has 4 atom stereocenters. The smallest absolute Gasteiger partial charge is 0.255 e. The quantitative estimate of drug-likeness (QED) is 0.203. The summed E-state index contributed by atoms with van der Waals surface area (Å²) in [5.74, 6) is 0.385. The summed E-state index contributed by atoms with van der Waals surface area (Å²) in [4.78, 5) is 41.9. The fourth-order valence-corrected chi connectivity index (χ4v) is 7.23. The van der Waals surface area contributed by atoms with Crippen molar-refractivity contribution in [3.8, 4) is 40.2 Å². The molecule has 0 radical (unpaired) electrons. The molecule has 6 N–H and O–H groups in total. The maximum absolute atomic E-state index is 14.4. The van der Waals surface area contributed by atoms with Crippen molar-refractivity contribution in [1.29, 1.82) is 0 Å². The lowest BCUT2D eigenvalue weighted by atomic mass is 9.58. The van der Waals surface area contributed by atoms with Crippen LogP contribution in [0.4, 0.5) is 0 Å². The van der Waals surface area contributed by atoms with Crippen molar-refractivity contribution >= 4 is 17.5 Å². The number of hydrogen-bond donors (Lipinski definition) is 5. The first-order valence-electron chi connectivity index (χ1n) is 15.2. The van der Waals surface area contributed by atoms with E-state index in [1.807, 2.05) is 0 Å². The molecule has 3 aliphatic rings. The molecule has 0 saturated carbocycles. The number of hydrogen-bond acceptors (Lipinski definition) is 10. The number of phenols is 1. The molecule has 48 heavy (non-hydrogen) atoms. The number of Topliss-reactive ketones (excluding diaryl/α,β-unsaturated/α-hetero) is 2. The second kappa shape index (κ2) is 11.9. The van der Waals surface area contributed by atoms with Gasteiger partial charge in [0.25, 0.3) is 5.91 Å². The molecular formula is C37H34N2O9. The van der Waals surface area contributed by atoms with Crippen molar-refractivity contribution in [2.24, 2.45) is 17.6 Å². The van der Waals surface area contributed by atoms with Gasteiger partial charge in [-0.15, -0.1) is 0 Å². The normalized spacial score (nSPS) is 23.2. The number of allylic oxidation sites excluding steroid dienone is 1. The molecule has 3 aromatic rings. The van der Waals surface area contributed by atoms with Gasteiger partial charge in [-0.3, -0.25) is 19.3 Å². The Labute approximate surface area is 276 Å². The fraction of sp³-hybridized carbons (Fsp3) is 0.270. The zero-order chi connectivity index (χ0) is 34.7. The summed E-state index contributed by atoms with van der Waals surface area (Å²) in [6.07, 6.45) is 0.0791. The van der Waals surface area contributed by atoms with E-state index in [0.717, 1.165) is 0 Å². The van der Waals surface area contributed by atoms with Crippen molar-refractivity contribution < 1.29 is 44.3 Å². The van der Waals surface area contributed by atoms with Crippen molar-refractivity contribution in [3.63, 3.8) is 0 Å². The van der Waals surface area contributed by atoms with Crippen molar-refractivity contribution in [2.75, 3.05) is 28.3 Å². The molecular weight excluding hydrogens is 616 g/mol. The highest BCUT2D eigenvalue weighted by molar-refractivity contribution is 6.25. The lowest BCUT2D eigenvalue weighted by Crippen LogP contribution is -2.63. The molecule has 0 aliphatic heterocycles. The van der Waals surface area contributed by atoms with Gasteiger partial charge in [-0.2, -0.15) is 0 Å². The third kappa shape index (κ3) is 4.89. The lowest BCUT2D eigenvalue weighted by molar-refractivity contribution is -0.148. The van der Waals surface area contributed by atoms with Gasteiger partial charge < -0.3 is 35.6 Å². The van der Waals surface area contributed by atoms with Gasteiger partial charge in [0.15, 0.2) is 11.4 Å². The number of amides is 1. The summed E-state index contributed by atoms with van der Waals surface area (Å²) in [7, 11) is 6.25. The van der Waals surface area contributed by atoms with Crippen molar-refractivity contribution in [2.45, 2.75) is 24.5 Å². The molecule has 0 spiro atoms. The number of primary amides is 1. The van der Waals surface area contributed by atoms with E-state index in [0.29, 0.717) is 39.3 Å². The Bertz CT molecular complexity index is 2000. The van der Waals surface area contributed by atoms with E-state index in [1.54, 1.807) is 75.8 Å². The summed E-state index contributed by atoms with van der Waals surface area (Å²) in [5.41, 5.74) is 3.90. The predicted molar refractivity (Wildman–Crippen MR) is 175 cm³/mol. The molecule has 0 bridgehead atoms. The SMILES string of the molecule is COc1ccc(C#Cc2cc(-c3ccc(OC)cc3)c(O)c3c2C[C@H]2C[C@H]4[C@H](N(C)C)C(O)=C(C(N)=O)C(=O)[C@@]4(O)C(O)=C2C3=O)cc1. The van der Waals surface area contributed by atoms with Crippen molar-refractivity contribution in [1.82, 2.24) is 4.90 Å². The molecule has 0 heterocycles. The number of ketones is 2.